The van der Waals surface area contributed by atoms with E-state index in [2.05, 4.69) is 5.32 Å². The lowest BCUT2D eigenvalue weighted by Crippen LogP contribution is -2.34. The van der Waals surface area contributed by atoms with Crippen molar-refractivity contribution in [2.75, 3.05) is 13.6 Å². The molecule has 0 aromatic heterocycles. The summed E-state index contributed by atoms with van der Waals surface area (Å²) in [5.74, 6) is -1.71. The molecule has 2 unspecified atom stereocenters. The normalized spacial score (nSPS) is 24.9. The molecule has 1 heterocycles. The summed E-state index contributed by atoms with van der Waals surface area (Å²) in [7, 11) is 1.90. The maximum absolute atomic E-state index is 13.2. The molecule has 1 amide bonds. The lowest BCUT2D eigenvalue weighted by molar-refractivity contribution is -0.110. The summed E-state index contributed by atoms with van der Waals surface area (Å²) >= 11 is 0. The van der Waals surface area contributed by atoms with Crippen molar-refractivity contribution in [2.45, 2.75) is 18.5 Å². The smallest absolute Gasteiger partial charge is 0.207 e. The maximum atomic E-state index is 13.2. The molecule has 1 saturated heterocycles. The van der Waals surface area contributed by atoms with Crippen LogP contribution in [-0.4, -0.2) is 30.9 Å². The number of nitrogens with zero attached hydrogens (tertiary/aromatic N) is 1. The average molecular weight is 240 g/mol. The van der Waals surface area contributed by atoms with Gasteiger partial charge < -0.3 is 5.32 Å². The fourth-order valence-corrected chi connectivity index (χ4v) is 2.39. The highest BCUT2D eigenvalue weighted by atomic mass is 19.2. The third kappa shape index (κ3) is 2.29. The lowest BCUT2D eigenvalue weighted by atomic mass is 10.0. The number of rotatable bonds is 3. The fraction of sp³-hybridized carbons (Fsp3) is 0.417. The van der Waals surface area contributed by atoms with Crippen LogP contribution in [0.2, 0.25) is 0 Å². The highest BCUT2D eigenvalue weighted by molar-refractivity contribution is 5.47. The van der Waals surface area contributed by atoms with Crippen molar-refractivity contribution in [3.63, 3.8) is 0 Å². The van der Waals surface area contributed by atoms with Gasteiger partial charge in [0.1, 0.15) is 0 Å². The molecule has 3 nitrogen and oxygen atoms in total. The number of carbonyl (C=O) groups excluding carboxylic acids is 1. The van der Waals surface area contributed by atoms with Crippen LogP contribution in [0, 0.1) is 11.6 Å². The number of nitrogens with one attached hydrogen (secondary N) is 1. The first-order valence-electron chi connectivity index (χ1n) is 5.48. The number of carbonyl (C=O) groups is 1. The number of hydrogen-bond donors (Lipinski definition) is 1. The second-order valence-corrected chi connectivity index (χ2v) is 4.28. The van der Waals surface area contributed by atoms with Gasteiger partial charge in [-0.25, -0.2) is 8.78 Å². The van der Waals surface area contributed by atoms with E-state index in [-0.39, 0.29) is 12.1 Å². The van der Waals surface area contributed by atoms with Crippen molar-refractivity contribution in [3.8, 4) is 0 Å². The Hall–Kier alpha value is -1.49. The van der Waals surface area contributed by atoms with Crippen LogP contribution in [0.5, 0.6) is 0 Å². The standard InChI is InChI=1S/C12H14F2N2O/c1-16-5-4-11(15-7-17)12(16)8-2-3-9(13)10(14)6-8/h2-3,6-7,11-12H,4-5H2,1H3,(H,15,17). The molecule has 0 bridgehead atoms. The van der Waals surface area contributed by atoms with Crippen molar-refractivity contribution < 1.29 is 13.6 Å². The Morgan fingerprint density at radius 3 is 2.82 bits per heavy atom. The monoisotopic (exact) mass is 240 g/mol. The first-order valence-corrected chi connectivity index (χ1v) is 5.48. The number of hydrogen-bond acceptors (Lipinski definition) is 2. The highest BCUT2D eigenvalue weighted by Gasteiger charge is 2.33. The van der Waals surface area contributed by atoms with E-state index in [1.165, 1.54) is 6.07 Å². The Labute approximate surface area is 98.4 Å². The van der Waals surface area contributed by atoms with Crippen molar-refractivity contribution in [1.29, 1.82) is 0 Å². The first kappa shape index (κ1) is 12.0. The predicted molar refractivity (Wildman–Crippen MR) is 59.3 cm³/mol. The molecule has 0 spiro atoms. The van der Waals surface area contributed by atoms with E-state index in [0.29, 0.717) is 12.0 Å². The largest absolute Gasteiger partial charge is 0.354 e. The number of amides is 1. The average Bonchev–Trinajstić information content (AvgIpc) is 2.65. The zero-order valence-corrected chi connectivity index (χ0v) is 9.49. The van der Waals surface area contributed by atoms with E-state index in [4.69, 9.17) is 0 Å². The summed E-state index contributed by atoms with van der Waals surface area (Å²) < 4.78 is 26.1. The molecule has 0 saturated carbocycles. The molecule has 1 aromatic carbocycles. The molecule has 1 fully saturated rings. The third-order valence-electron chi connectivity index (χ3n) is 3.22. The maximum Gasteiger partial charge on any atom is 0.207 e. The van der Waals surface area contributed by atoms with Gasteiger partial charge in [0.2, 0.25) is 6.41 Å². The van der Waals surface area contributed by atoms with Gasteiger partial charge in [0, 0.05) is 12.6 Å². The molecular formula is C12H14F2N2O. The Kier molecular flexibility index (Phi) is 3.38. The van der Waals surface area contributed by atoms with E-state index >= 15 is 0 Å². The van der Waals surface area contributed by atoms with Crippen LogP contribution < -0.4 is 5.32 Å². The summed E-state index contributed by atoms with van der Waals surface area (Å²) in [6.07, 6.45) is 1.45. The van der Waals surface area contributed by atoms with Crippen molar-refractivity contribution in [1.82, 2.24) is 10.2 Å². The fourth-order valence-electron chi connectivity index (χ4n) is 2.39. The Morgan fingerprint density at radius 1 is 1.41 bits per heavy atom. The van der Waals surface area contributed by atoms with Gasteiger partial charge in [0.15, 0.2) is 11.6 Å². The highest BCUT2D eigenvalue weighted by Crippen LogP contribution is 2.31. The molecule has 1 aliphatic rings. The number of likely N-dealkylation sites (N-methyl/N-ethyl adjacent to an activating group) is 1. The van der Waals surface area contributed by atoms with Crippen LogP contribution in [0.4, 0.5) is 8.78 Å². The van der Waals surface area contributed by atoms with Gasteiger partial charge in [0.25, 0.3) is 0 Å². The summed E-state index contributed by atoms with van der Waals surface area (Å²) in [6, 6.07) is 3.72. The van der Waals surface area contributed by atoms with Gasteiger partial charge in [-0.15, -0.1) is 0 Å². The predicted octanol–water partition coefficient (Wildman–Crippen LogP) is 1.46. The third-order valence-corrected chi connectivity index (χ3v) is 3.22. The van der Waals surface area contributed by atoms with Crippen LogP contribution in [0.15, 0.2) is 18.2 Å². The Balaban J connectivity index is 2.29. The van der Waals surface area contributed by atoms with E-state index in [1.807, 2.05) is 11.9 Å². The Morgan fingerprint density at radius 2 is 2.18 bits per heavy atom. The van der Waals surface area contributed by atoms with E-state index in [1.54, 1.807) is 6.07 Å². The van der Waals surface area contributed by atoms with E-state index in [9.17, 15) is 13.6 Å². The number of halogens is 2. The zero-order chi connectivity index (χ0) is 12.4. The van der Waals surface area contributed by atoms with Gasteiger partial charge in [-0.3, -0.25) is 9.69 Å². The van der Waals surface area contributed by atoms with Crippen LogP contribution in [-0.2, 0) is 4.79 Å². The number of benzene rings is 1. The van der Waals surface area contributed by atoms with Gasteiger partial charge in [-0.05, 0) is 31.2 Å². The van der Waals surface area contributed by atoms with Crippen LogP contribution in [0.3, 0.4) is 0 Å². The second-order valence-electron chi connectivity index (χ2n) is 4.28. The van der Waals surface area contributed by atoms with Crippen LogP contribution in [0.25, 0.3) is 0 Å². The summed E-state index contributed by atoms with van der Waals surface area (Å²) in [4.78, 5) is 12.5. The van der Waals surface area contributed by atoms with Crippen LogP contribution in [0.1, 0.15) is 18.0 Å². The van der Waals surface area contributed by atoms with Gasteiger partial charge >= 0.3 is 0 Å². The minimum atomic E-state index is -0.854. The van der Waals surface area contributed by atoms with Gasteiger partial charge in [0.05, 0.1) is 6.04 Å². The molecule has 92 valence electrons. The molecule has 1 aliphatic heterocycles. The quantitative estimate of drug-likeness (QED) is 0.811. The van der Waals surface area contributed by atoms with Crippen LogP contribution >= 0.6 is 0 Å². The van der Waals surface area contributed by atoms with E-state index in [0.717, 1.165) is 19.0 Å². The van der Waals surface area contributed by atoms with Gasteiger partial charge in [-0.2, -0.15) is 0 Å². The van der Waals surface area contributed by atoms with Gasteiger partial charge in [-0.1, -0.05) is 6.07 Å². The van der Waals surface area contributed by atoms with Crippen molar-refractivity contribution >= 4 is 6.41 Å². The van der Waals surface area contributed by atoms with Crippen molar-refractivity contribution in [3.05, 3.63) is 35.4 Å². The molecule has 17 heavy (non-hydrogen) atoms. The number of likely N-dealkylation sites (tertiary alicyclic amines) is 1. The molecule has 0 aliphatic carbocycles. The van der Waals surface area contributed by atoms with Crippen molar-refractivity contribution in [2.24, 2.45) is 0 Å². The zero-order valence-electron chi connectivity index (χ0n) is 9.49. The first-order chi connectivity index (χ1) is 8.13. The minimum Gasteiger partial charge on any atom is -0.354 e. The lowest BCUT2D eigenvalue weighted by Gasteiger charge is -2.25. The molecular weight excluding hydrogens is 226 g/mol. The minimum absolute atomic E-state index is 0.0534. The molecule has 1 N–H and O–H groups in total. The summed E-state index contributed by atoms with van der Waals surface area (Å²) in [5.41, 5.74) is 0.684. The molecule has 5 heteroatoms. The topological polar surface area (TPSA) is 32.3 Å². The summed E-state index contributed by atoms with van der Waals surface area (Å²) in [5, 5.41) is 2.72. The SMILES string of the molecule is CN1CCC(NC=O)C1c1ccc(F)c(F)c1. The Bertz CT molecular complexity index is 425. The second kappa shape index (κ2) is 4.79. The molecule has 2 rings (SSSR count). The molecule has 0 radical (unpaired) electrons. The molecule has 1 aromatic rings. The molecule has 2 atom stereocenters. The van der Waals surface area contributed by atoms with E-state index < -0.39 is 11.6 Å². The summed E-state index contributed by atoms with van der Waals surface area (Å²) in [6.45, 7) is 0.815.